The monoisotopic (exact) mass is 302 g/mol. The van der Waals surface area contributed by atoms with Gasteiger partial charge in [-0.25, -0.2) is 9.37 Å². The summed E-state index contributed by atoms with van der Waals surface area (Å²) in [5, 5.41) is 1.83. The summed E-state index contributed by atoms with van der Waals surface area (Å²) in [4.78, 5) is 15.2. The van der Waals surface area contributed by atoms with E-state index in [1.54, 1.807) is 24.7 Å². The van der Waals surface area contributed by atoms with Crippen molar-refractivity contribution in [1.82, 2.24) is 19.9 Å². The maximum atomic E-state index is 13.6. The van der Waals surface area contributed by atoms with Gasteiger partial charge in [0.25, 0.3) is 0 Å². The molecule has 0 amide bonds. The molecule has 0 fully saturated rings. The molecule has 0 aliphatic carbocycles. The Balaban J connectivity index is 1.85. The first-order valence-electron chi connectivity index (χ1n) is 7.29. The Labute approximate surface area is 130 Å². The third-order valence-corrected chi connectivity index (χ3v) is 4.18. The van der Waals surface area contributed by atoms with Crippen LogP contribution in [0.5, 0.6) is 0 Å². The van der Waals surface area contributed by atoms with E-state index in [1.165, 1.54) is 6.07 Å². The molecule has 0 radical (unpaired) electrons. The SMILES string of the molecule is Fc1ccc2[nH]c3c(-c4ccc5nc[nH]c5c4)nccc3c2c1. The summed E-state index contributed by atoms with van der Waals surface area (Å²) in [5.74, 6) is -0.240. The maximum absolute atomic E-state index is 13.6. The van der Waals surface area contributed by atoms with Crippen LogP contribution < -0.4 is 0 Å². The van der Waals surface area contributed by atoms with Gasteiger partial charge in [0.15, 0.2) is 0 Å². The van der Waals surface area contributed by atoms with Gasteiger partial charge < -0.3 is 9.97 Å². The molecule has 0 aliphatic heterocycles. The molecular weight excluding hydrogens is 291 g/mol. The average Bonchev–Trinajstić information content (AvgIpc) is 3.17. The van der Waals surface area contributed by atoms with Crippen LogP contribution in [0.1, 0.15) is 0 Å². The number of pyridine rings is 1. The van der Waals surface area contributed by atoms with Gasteiger partial charge in [-0.05, 0) is 36.4 Å². The zero-order chi connectivity index (χ0) is 15.4. The first-order chi connectivity index (χ1) is 11.3. The van der Waals surface area contributed by atoms with Crippen molar-refractivity contribution in [1.29, 1.82) is 0 Å². The van der Waals surface area contributed by atoms with Gasteiger partial charge in [0.05, 0.1) is 28.6 Å². The zero-order valence-electron chi connectivity index (χ0n) is 12.0. The van der Waals surface area contributed by atoms with E-state index >= 15 is 0 Å². The summed E-state index contributed by atoms with van der Waals surface area (Å²) >= 11 is 0. The fourth-order valence-electron chi connectivity index (χ4n) is 3.10. The van der Waals surface area contributed by atoms with Crippen LogP contribution in [-0.4, -0.2) is 19.9 Å². The number of rotatable bonds is 1. The molecular formula is C18H11FN4. The summed E-state index contributed by atoms with van der Waals surface area (Å²) in [5.41, 5.74) is 5.52. The minimum absolute atomic E-state index is 0.240. The van der Waals surface area contributed by atoms with Crippen LogP contribution in [0, 0.1) is 5.82 Å². The number of nitrogens with one attached hydrogen (secondary N) is 2. The number of aromatic amines is 2. The summed E-state index contributed by atoms with van der Waals surface area (Å²) < 4.78 is 13.6. The van der Waals surface area contributed by atoms with Crippen LogP contribution in [0.25, 0.3) is 44.1 Å². The van der Waals surface area contributed by atoms with Crippen LogP contribution >= 0.6 is 0 Å². The number of fused-ring (bicyclic) bond motifs is 4. The summed E-state index contributed by atoms with van der Waals surface area (Å²) in [6.45, 7) is 0. The molecule has 2 aromatic carbocycles. The predicted molar refractivity (Wildman–Crippen MR) is 88.6 cm³/mol. The van der Waals surface area contributed by atoms with E-state index in [1.807, 2.05) is 24.3 Å². The van der Waals surface area contributed by atoms with Crippen LogP contribution in [0.15, 0.2) is 55.0 Å². The molecule has 4 nitrogen and oxygen atoms in total. The Kier molecular flexibility index (Phi) is 2.36. The Bertz CT molecular complexity index is 1190. The van der Waals surface area contributed by atoms with E-state index in [2.05, 4.69) is 19.9 Å². The lowest BCUT2D eigenvalue weighted by atomic mass is 10.1. The predicted octanol–water partition coefficient (Wildman–Crippen LogP) is 4.40. The molecule has 5 aromatic rings. The molecule has 5 heteroatoms. The highest BCUT2D eigenvalue weighted by Crippen LogP contribution is 2.32. The minimum Gasteiger partial charge on any atom is -0.353 e. The number of nitrogens with zero attached hydrogens (tertiary/aromatic N) is 2. The van der Waals surface area contributed by atoms with E-state index in [9.17, 15) is 4.39 Å². The second-order valence-electron chi connectivity index (χ2n) is 5.53. The van der Waals surface area contributed by atoms with E-state index in [4.69, 9.17) is 0 Å². The Morgan fingerprint density at radius 3 is 2.78 bits per heavy atom. The lowest BCUT2D eigenvalue weighted by Gasteiger charge is -2.02. The zero-order valence-corrected chi connectivity index (χ0v) is 12.0. The van der Waals surface area contributed by atoms with Gasteiger partial charge in [0.1, 0.15) is 5.82 Å². The molecule has 0 atom stereocenters. The number of halogens is 1. The van der Waals surface area contributed by atoms with Crippen molar-refractivity contribution in [3.8, 4) is 11.3 Å². The molecule has 0 aliphatic rings. The van der Waals surface area contributed by atoms with Gasteiger partial charge in [0, 0.05) is 28.0 Å². The number of hydrogen-bond acceptors (Lipinski definition) is 2. The molecule has 0 unspecified atom stereocenters. The summed E-state index contributed by atoms with van der Waals surface area (Å²) in [7, 11) is 0. The fraction of sp³-hybridized carbons (Fsp3) is 0. The molecule has 110 valence electrons. The molecule has 0 bridgehead atoms. The lowest BCUT2D eigenvalue weighted by Crippen LogP contribution is -1.85. The van der Waals surface area contributed by atoms with Crippen molar-refractivity contribution in [2.24, 2.45) is 0 Å². The molecule has 0 saturated heterocycles. The highest BCUT2D eigenvalue weighted by Gasteiger charge is 2.12. The van der Waals surface area contributed by atoms with Gasteiger partial charge in [-0.15, -0.1) is 0 Å². The Morgan fingerprint density at radius 1 is 0.870 bits per heavy atom. The molecule has 0 spiro atoms. The molecule has 2 N–H and O–H groups in total. The highest BCUT2D eigenvalue weighted by atomic mass is 19.1. The standard InChI is InChI=1S/C18H11FN4/c19-11-2-4-14-13(8-11)12-5-6-20-17(18(12)23-14)10-1-3-15-16(7-10)22-9-21-15/h1-9,23H,(H,21,22). The van der Waals surface area contributed by atoms with Crippen molar-refractivity contribution >= 4 is 32.8 Å². The van der Waals surface area contributed by atoms with Gasteiger partial charge in [-0.2, -0.15) is 0 Å². The quantitative estimate of drug-likeness (QED) is 0.482. The Morgan fingerprint density at radius 2 is 1.83 bits per heavy atom. The number of aromatic nitrogens is 4. The van der Waals surface area contributed by atoms with Crippen molar-refractivity contribution in [3.05, 3.63) is 60.8 Å². The van der Waals surface area contributed by atoms with Crippen molar-refractivity contribution in [2.75, 3.05) is 0 Å². The second kappa shape index (κ2) is 4.39. The topological polar surface area (TPSA) is 57.4 Å². The van der Waals surface area contributed by atoms with Gasteiger partial charge in [-0.1, -0.05) is 6.07 Å². The van der Waals surface area contributed by atoms with E-state index < -0.39 is 0 Å². The van der Waals surface area contributed by atoms with Crippen LogP contribution in [0.3, 0.4) is 0 Å². The van der Waals surface area contributed by atoms with Gasteiger partial charge in [0.2, 0.25) is 0 Å². The molecule has 3 aromatic heterocycles. The summed E-state index contributed by atoms with van der Waals surface area (Å²) in [6.07, 6.45) is 3.43. The van der Waals surface area contributed by atoms with Crippen molar-refractivity contribution in [3.63, 3.8) is 0 Å². The number of benzene rings is 2. The smallest absolute Gasteiger partial charge is 0.123 e. The first kappa shape index (κ1) is 12.3. The molecule has 5 rings (SSSR count). The normalized spacial score (nSPS) is 11.7. The maximum Gasteiger partial charge on any atom is 0.123 e. The molecule has 3 heterocycles. The van der Waals surface area contributed by atoms with Crippen LogP contribution in [0.2, 0.25) is 0 Å². The molecule has 23 heavy (non-hydrogen) atoms. The van der Waals surface area contributed by atoms with Gasteiger partial charge in [-0.3, -0.25) is 4.98 Å². The van der Waals surface area contributed by atoms with Crippen LogP contribution in [-0.2, 0) is 0 Å². The lowest BCUT2D eigenvalue weighted by molar-refractivity contribution is 0.630. The van der Waals surface area contributed by atoms with Crippen molar-refractivity contribution < 1.29 is 4.39 Å². The van der Waals surface area contributed by atoms with E-state index in [-0.39, 0.29) is 5.82 Å². The second-order valence-corrected chi connectivity index (χ2v) is 5.53. The third kappa shape index (κ3) is 1.76. The van der Waals surface area contributed by atoms with Crippen LogP contribution in [0.4, 0.5) is 4.39 Å². The highest BCUT2D eigenvalue weighted by molar-refractivity contribution is 6.11. The summed E-state index contributed by atoms with van der Waals surface area (Å²) in [6, 6.07) is 12.7. The van der Waals surface area contributed by atoms with Gasteiger partial charge >= 0.3 is 0 Å². The number of imidazole rings is 1. The molecule has 0 saturated carbocycles. The van der Waals surface area contributed by atoms with E-state index in [0.29, 0.717) is 0 Å². The third-order valence-electron chi connectivity index (χ3n) is 4.18. The minimum atomic E-state index is -0.240. The average molecular weight is 302 g/mol. The van der Waals surface area contributed by atoms with E-state index in [0.717, 1.165) is 44.1 Å². The van der Waals surface area contributed by atoms with Crippen molar-refractivity contribution in [2.45, 2.75) is 0 Å². The Hall–Kier alpha value is -3.21. The number of H-pyrrole nitrogens is 2. The largest absolute Gasteiger partial charge is 0.353 e. The first-order valence-corrected chi connectivity index (χ1v) is 7.29. The number of hydrogen-bond donors (Lipinski definition) is 2. The fourth-order valence-corrected chi connectivity index (χ4v) is 3.10.